The van der Waals surface area contributed by atoms with E-state index in [4.69, 9.17) is 0 Å². The number of nitrogens with one attached hydrogen (secondary N) is 1. The number of rotatable bonds is 3. The Morgan fingerprint density at radius 1 is 1.53 bits per heavy atom. The van der Waals surface area contributed by atoms with Crippen molar-refractivity contribution >= 4 is 0 Å². The standard InChI is InChI=1S/C13H18N2/c1-9-7-11(9)8-15-12-5-4-10-3-2-6-14-13(10)12/h2-3,6,9,11-12,15H,4-5,7-8H2,1H3. The van der Waals surface area contributed by atoms with Crippen LogP contribution in [0.4, 0.5) is 0 Å². The van der Waals surface area contributed by atoms with Gasteiger partial charge in [0.1, 0.15) is 0 Å². The van der Waals surface area contributed by atoms with Crippen molar-refractivity contribution in [3.63, 3.8) is 0 Å². The highest BCUT2D eigenvalue weighted by molar-refractivity contribution is 5.27. The molecule has 0 aliphatic heterocycles. The second-order valence-corrected chi connectivity index (χ2v) is 5.02. The molecule has 15 heavy (non-hydrogen) atoms. The van der Waals surface area contributed by atoms with Crippen molar-refractivity contribution in [2.45, 2.75) is 32.2 Å². The number of hydrogen-bond donors (Lipinski definition) is 1. The van der Waals surface area contributed by atoms with Crippen LogP contribution in [0.2, 0.25) is 0 Å². The number of aromatic nitrogens is 1. The van der Waals surface area contributed by atoms with Crippen LogP contribution in [0.15, 0.2) is 18.3 Å². The highest BCUT2D eigenvalue weighted by atomic mass is 15.0. The fourth-order valence-corrected chi connectivity index (χ4v) is 2.59. The van der Waals surface area contributed by atoms with Crippen molar-refractivity contribution in [3.05, 3.63) is 29.6 Å². The first kappa shape index (κ1) is 9.34. The summed E-state index contributed by atoms with van der Waals surface area (Å²) in [5.74, 6) is 1.87. The number of hydrogen-bond acceptors (Lipinski definition) is 2. The molecular weight excluding hydrogens is 184 g/mol. The van der Waals surface area contributed by atoms with Crippen LogP contribution < -0.4 is 5.32 Å². The summed E-state index contributed by atoms with van der Waals surface area (Å²) in [6.07, 6.45) is 5.75. The summed E-state index contributed by atoms with van der Waals surface area (Å²) in [6.45, 7) is 3.52. The minimum atomic E-state index is 0.522. The van der Waals surface area contributed by atoms with Gasteiger partial charge in [-0.2, -0.15) is 0 Å². The zero-order valence-electron chi connectivity index (χ0n) is 9.24. The fourth-order valence-electron chi connectivity index (χ4n) is 2.59. The van der Waals surface area contributed by atoms with Crippen molar-refractivity contribution < 1.29 is 0 Å². The topological polar surface area (TPSA) is 24.9 Å². The summed E-state index contributed by atoms with van der Waals surface area (Å²) in [6, 6.07) is 4.78. The third-order valence-electron chi connectivity index (χ3n) is 3.86. The third-order valence-corrected chi connectivity index (χ3v) is 3.86. The third kappa shape index (κ3) is 1.78. The van der Waals surface area contributed by atoms with E-state index in [-0.39, 0.29) is 0 Å². The predicted molar refractivity (Wildman–Crippen MR) is 60.6 cm³/mol. The minimum absolute atomic E-state index is 0.522. The molecule has 1 aromatic rings. The van der Waals surface area contributed by atoms with Crippen molar-refractivity contribution in [2.75, 3.05) is 6.54 Å². The molecule has 1 saturated carbocycles. The van der Waals surface area contributed by atoms with E-state index in [1.807, 2.05) is 12.3 Å². The van der Waals surface area contributed by atoms with E-state index in [2.05, 4.69) is 23.3 Å². The molecule has 1 fully saturated rings. The van der Waals surface area contributed by atoms with E-state index < -0.39 is 0 Å². The monoisotopic (exact) mass is 202 g/mol. The molecular formula is C13H18N2. The largest absolute Gasteiger partial charge is 0.308 e. The van der Waals surface area contributed by atoms with Gasteiger partial charge >= 0.3 is 0 Å². The van der Waals surface area contributed by atoms with Crippen LogP contribution in [0.25, 0.3) is 0 Å². The van der Waals surface area contributed by atoms with E-state index >= 15 is 0 Å². The zero-order valence-corrected chi connectivity index (χ0v) is 9.24. The minimum Gasteiger partial charge on any atom is -0.308 e. The predicted octanol–water partition coefficient (Wildman–Crippen LogP) is 2.31. The van der Waals surface area contributed by atoms with Gasteiger partial charge in [-0.3, -0.25) is 4.98 Å². The van der Waals surface area contributed by atoms with Gasteiger partial charge in [0.05, 0.1) is 11.7 Å². The average molecular weight is 202 g/mol. The zero-order chi connectivity index (χ0) is 10.3. The molecule has 1 N–H and O–H groups in total. The Hall–Kier alpha value is -0.890. The molecule has 3 rings (SSSR count). The van der Waals surface area contributed by atoms with Gasteiger partial charge in [-0.05, 0) is 49.3 Å². The number of pyridine rings is 1. The number of aryl methyl sites for hydroxylation is 1. The van der Waals surface area contributed by atoms with Crippen molar-refractivity contribution in [2.24, 2.45) is 11.8 Å². The highest BCUT2D eigenvalue weighted by Gasteiger charge is 2.33. The van der Waals surface area contributed by atoms with Gasteiger partial charge in [0.25, 0.3) is 0 Å². The quantitative estimate of drug-likeness (QED) is 0.813. The van der Waals surface area contributed by atoms with Crippen molar-refractivity contribution in [3.8, 4) is 0 Å². The van der Waals surface area contributed by atoms with Crippen LogP contribution in [0, 0.1) is 11.8 Å². The van der Waals surface area contributed by atoms with E-state index in [1.165, 1.54) is 37.1 Å². The fraction of sp³-hybridized carbons (Fsp3) is 0.615. The van der Waals surface area contributed by atoms with E-state index in [9.17, 15) is 0 Å². The summed E-state index contributed by atoms with van der Waals surface area (Å²) >= 11 is 0. The van der Waals surface area contributed by atoms with Crippen LogP contribution >= 0.6 is 0 Å². The van der Waals surface area contributed by atoms with Gasteiger partial charge < -0.3 is 5.32 Å². The smallest absolute Gasteiger partial charge is 0.0605 e. The lowest BCUT2D eigenvalue weighted by Gasteiger charge is -2.12. The molecule has 0 radical (unpaired) electrons. The number of fused-ring (bicyclic) bond motifs is 1. The van der Waals surface area contributed by atoms with Gasteiger partial charge in [-0.25, -0.2) is 0 Å². The normalized spacial score (nSPS) is 32.7. The second kappa shape index (κ2) is 3.60. The molecule has 0 amide bonds. The molecule has 0 saturated heterocycles. The van der Waals surface area contributed by atoms with Gasteiger partial charge in [0.2, 0.25) is 0 Å². The second-order valence-electron chi connectivity index (χ2n) is 5.02. The summed E-state index contributed by atoms with van der Waals surface area (Å²) in [4.78, 5) is 4.50. The molecule has 2 nitrogen and oxygen atoms in total. The maximum absolute atomic E-state index is 4.50. The van der Waals surface area contributed by atoms with E-state index in [0.717, 1.165) is 11.8 Å². The Morgan fingerprint density at radius 3 is 3.20 bits per heavy atom. The molecule has 2 heteroatoms. The lowest BCUT2D eigenvalue weighted by molar-refractivity contribution is 0.495. The molecule has 0 aromatic carbocycles. The van der Waals surface area contributed by atoms with Crippen LogP contribution in [-0.2, 0) is 6.42 Å². The molecule has 0 spiro atoms. The summed E-state index contributed by atoms with van der Waals surface area (Å²) in [5, 5.41) is 3.67. The molecule has 80 valence electrons. The Morgan fingerprint density at radius 2 is 2.40 bits per heavy atom. The van der Waals surface area contributed by atoms with Gasteiger partial charge in [0, 0.05) is 6.20 Å². The number of nitrogens with zero attached hydrogens (tertiary/aromatic N) is 1. The van der Waals surface area contributed by atoms with Crippen LogP contribution in [-0.4, -0.2) is 11.5 Å². The SMILES string of the molecule is CC1CC1CNC1CCc2cccnc21. The van der Waals surface area contributed by atoms with Gasteiger partial charge in [0.15, 0.2) is 0 Å². The molecule has 1 aromatic heterocycles. The Balaban J connectivity index is 1.64. The summed E-state index contributed by atoms with van der Waals surface area (Å²) < 4.78 is 0. The first-order chi connectivity index (χ1) is 7.34. The maximum Gasteiger partial charge on any atom is 0.0605 e. The molecule has 3 unspecified atom stereocenters. The lowest BCUT2D eigenvalue weighted by atomic mass is 10.2. The van der Waals surface area contributed by atoms with Crippen LogP contribution in [0.1, 0.15) is 37.1 Å². The van der Waals surface area contributed by atoms with Crippen molar-refractivity contribution in [1.82, 2.24) is 10.3 Å². The van der Waals surface area contributed by atoms with Gasteiger partial charge in [-0.15, -0.1) is 0 Å². The summed E-state index contributed by atoms with van der Waals surface area (Å²) in [5.41, 5.74) is 2.74. The maximum atomic E-state index is 4.50. The summed E-state index contributed by atoms with van der Waals surface area (Å²) in [7, 11) is 0. The Labute approximate surface area is 91.1 Å². The molecule has 1 heterocycles. The molecule has 2 aliphatic carbocycles. The first-order valence-electron chi connectivity index (χ1n) is 6.02. The molecule has 3 atom stereocenters. The van der Waals surface area contributed by atoms with E-state index in [0.29, 0.717) is 6.04 Å². The van der Waals surface area contributed by atoms with Crippen molar-refractivity contribution in [1.29, 1.82) is 0 Å². The Kier molecular flexibility index (Phi) is 2.24. The molecule has 2 aliphatic rings. The van der Waals surface area contributed by atoms with E-state index in [1.54, 1.807) is 0 Å². The van der Waals surface area contributed by atoms with Crippen LogP contribution in [0.3, 0.4) is 0 Å². The Bertz CT molecular complexity index is 361. The first-order valence-corrected chi connectivity index (χ1v) is 6.02. The lowest BCUT2D eigenvalue weighted by Crippen LogP contribution is -2.22. The highest BCUT2D eigenvalue weighted by Crippen LogP contribution is 2.38. The van der Waals surface area contributed by atoms with Gasteiger partial charge in [-0.1, -0.05) is 13.0 Å². The average Bonchev–Trinajstić information content (AvgIpc) is 2.81. The molecule has 0 bridgehead atoms. The van der Waals surface area contributed by atoms with Crippen LogP contribution in [0.5, 0.6) is 0 Å².